The molecule has 1 aliphatic heterocycles. The van der Waals surface area contributed by atoms with E-state index in [1.54, 1.807) is 19.5 Å². The van der Waals surface area contributed by atoms with Gasteiger partial charge < -0.3 is 24.6 Å². The largest absolute Gasteiger partial charge is 0.497 e. The smallest absolute Gasteiger partial charge is 0.134 e. The number of hydrogen-bond donors (Lipinski definition) is 1. The number of halogens is 1. The number of likely N-dealkylation sites (N-methyl/N-ethyl adjacent to an activating group) is 1. The van der Waals surface area contributed by atoms with Crippen molar-refractivity contribution in [3.05, 3.63) is 42.0 Å². The van der Waals surface area contributed by atoms with Gasteiger partial charge >= 0.3 is 0 Å². The number of nitrogens with one attached hydrogen (secondary N) is 1. The summed E-state index contributed by atoms with van der Waals surface area (Å²) in [4.78, 5) is 13.2. The summed E-state index contributed by atoms with van der Waals surface area (Å²) >= 11 is 0. The minimum Gasteiger partial charge on any atom is -0.497 e. The first-order valence-electron chi connectivity index (χ1n) is 9.32. The zero-order valence-electron chi connectivity index (χ0n) is 16.9. The molecule has 0 spiro atoms. The number of benzene rings is 1. The Morgan fingerprint density at radius 2 is 2.04 bits per heavy atom. The fourth-order valence-corrected chi connectivity index (χ4v) is 3.55. The molecule has 8 heteroatoms. The van der Waals surface area contributed by atoms with Crippen LogP contribution in [0.15, 0.2) is 30.6 Å². The Labute approximate surface area is 165 Å². The molecule has 3 rings (SSSR count). The number of nitrogens with zero attached hydrogens (tertiary/aromatic N) is 4. The van der Waals surface area contributed by atoms with Gasteiger partial charge in [-0.2, -0.15) is 0 Å². The first kappa shape index (κ1) is 20.3. The van der Waals surface area contributed by atoms with Crippen molar-refractivity contribution in [1.29, 1.82) is 0 Å². The van der Waals surface area contributed by atoms with Crippen LogP contribution >= 0.6 is 0 Å². The van der Waals surface area contributed by atoms with E-state index in [0.29, 0.717) is 24.2 Å². The number of ether oxygens (including phenoxy) is 2. The summed E-state index contributed by atoms with van der Waals surface area (Å²) in [6, 6.07) is 6.90. The van der Waals surface area contributed by atoms with Crippen LogP contribution < -0.4 is 15.0 Å². The quantitative estimate of drug-likeness (QED) is 0.744. The molecule has 1 aromatic heterocycles. The number of hydrogen-bond acceptors (Lipinski definition) is 7. The maximum absolute atomic E-state index is 13.7. The molecule has 0 amide bonds. The molecule has 1 N–H and O–H groups in total. The van der Waals surface area contributed by atoms with Crippen LogP contribution in [0.1, 0.15) is 12.0 Å². The van der Waals surface area contributed by atoms with Crippen LogP contribution in [0.2, 0.25) is 0 Å². The lowest BCUT2D eigenvalue weighted by molar-refractivity contribution is 0.117. The average molecular weight is 389 g/mol. The molecule has 2 aromatic rings. The second kappa shape index (κ2) is 9.16. The van der Waals surface area contributed by atoms with Gasteiger partial charge in [-0.25, -0.2) is 14.4 Å². The Hall–Kier alpha value is -2.45. The number of anilines is 2. The molecule has 1 aromatic carbocycles. The molecule has 1 saturated heterocycles. The van der Waals surface area contributed by atoms with Crippen LogP contribution in [-0.2, 0) is 11.3 Å². The lowest BCUT2D eigenvalue weighted by atomic mass is 10.2. The Morgan fingerprint density at radius 3 is 2.75 bits per heavy atom. The Balaban J connectivity index is 1.72. The minimum absolute atomic E-state index is 0.191. The molecular weight excluding hydrogens is 361 g/mol. The maximum atomic E-state index is 13.7. The molecule has 0 aliphatic carbocycles. The van der Waals surface area contributed by atoms with E-state index in [1.807, 2.05) is 6.07 Å². The highest BCUT2D eigenvalue weighted by atomic mass is 19.1. The molecule has 0 bridgehead atoms. The zero-order valence-corrected chi connectivity index (χ0v) is 16.9. The first-order valence-corrected chi connectivity index (χ1v) is 9.32. The van der Waals surface area contributed by atoms with Gasteiger partial charge in [0.05, 0.1) is 13.2 Å². The molecule has 2 heterocycles. The van der Waals surface area contributed by atoms with Crippen molar-refractivity contribution in [2.75, 3.05) is 51.6 Å². The predicted molar refractivity (Wildman–Crippen MR) is 107 cm³/mol. The lowest BCUT2D eigenvalue weighted by Gasteiger charge is -2.27. The molecule has 1 fully saturated rings. The van der Waals surface area contributed by atoms with E-state index in [9.17, 15) is 4.39 Å². The molecule has 7 nitrogen and oxygen atoms in total. The maximum Gasteiger partial charge on any atom is 0.134 e. The third-order valence-corrected chi connectivity index (χ3v) is 4.87. The van der Waals surface area contributed by atoms with Gasteiger partial charge in [0.25, 0.3) is 0 Å². The zero-order chi connectivity index (χ0) is 20.1. The van der Waals surface area contributed by atoms with Gasteiger partial charge in [-0.05, 0) is 38.2 Å². The monoisotopic (exact) mass is 389 g/mol. The van der Waals surface area contributed by atoms with Crippen molar-refractivity contribution >= 4 is 11.6 Å². The Kier molecular flexibility index (Phi) is 6.64. The van der Waals surface area contributed by atoms with E-state index in [2.05, 4.69) is 39.2 Å². The summed E-state index contributed by atoms with van der Waals surface area (Å²) in [5.74, 6) is 1.72. The van der Waals surface area contributed by atoms with Crippen LogP contribution in [0.25, 0.3) is 0 Å². The topological polar surface area (TPSA) is 62.8 Å². The standard InChI is InChI=1S/C20H28FN5O2/c1-25(2)11-16-8-18(28-4)12-26(16)20-9-19(23-13-24-20)22-10-14-5-15(21)7-17(6-14)27-3/h5-7,9,13,16,18H,8,10-12H2,1-4H3,(H,22,23,24)/t16-,18-/m0/s1. The van der Waals surface area contributed by atoms with E-state index in [4.69, 9.17) is 9.47 Å². The van der Waals surface area contributed by atoms with Crippen LogP contribution in [0.4, 0.5) is 16.0 Å². The van der Waals surface area contributed by atoms with Crippen LogP contribution in [0.5, 0.6) is 5.75 Å². The van der Waals surface area contributed by atoms with E-state index in [0.717, 1.165) is 30.9 Å². The molecule has 2 atom stereocenters. The second-order valence-electron chi connectivity index (χ2n) is 7.28. The third kappa shape index (κ3) is 5.08. The molecule has 0 radical (unpaired) electrons. The van der Waals surface area contributed by atoms with E-state index < -0.39 is 0 Å². The summed E-state index contributed by atoms with van der Waals surface area (Å²) < 4.78 is 24.4. The molecule has 0 saturated carbocycles. The predicted octanol–water partition coefficient (Wildman–Crippen LogP) is 2.39. The molecule has 28 heavy (non-hydrogen) atoms. The van der Waals surface area contributed by atoms with Gasteiger partial charge in [0.1, 0.15) is 29.5 Å². The van der Waals surface area contributed by atoms with E-state index >= 15 is 0 Å². The van der Waals surface area contributed by atoms with Crippen molar-refractivity contribution in [3.63, 3.8) is 0 Å². The summed E-state index contributed by atoms with van der Waals surface area (Å²) in [5.41, 5.74) is 0.781. The van der Waals surface area contributed by atoms with Crippen molar-refractivity contribution in [1.82, 2.24) is 14.9 Å². The van der Waals surface area contributed by atoms with E-state index in [-0.39, 0.29) is 11.9 Å². The van der Waals surface area contributed by atoms with Gasteiger partial charge in [0, 0.05) is 44.9 Å². The van der Waals surface area contributed by atoms with Crippen LogP contribution in [0.3, 0.4) is 0 Å². The normalized spacial score (nSPS) is 19.3. The average Bonchev–Trinajstić information content (AvgIpc) is 3.08. The summed E-state index contributed by atoms with van der Waals surface area (Å²) in [5, 5.41) is 3.24. The lowest BCUT2D eigenvalue weighted by Crippen LogP contribution is -2.38. The molecule has 0 unspecified atom stereocenters. The summed E-state index contributed by atoms with van der Waals surface area (Å²) in [6.07, 6.45) is 2.71. The SMILES string of the molecule is COc1cc(F)cc(CNc2cc(N3C[C@@H](OC)C[C@H]3CN(C)C)ncn2)c1. The molecule has 152 valence electrons. The Morgan fingerprint density at radius 1 is 1.21 bits per heavy atom. The summed E-state index contributed by atoms with van der Waals surface area (Å²) in [7, 11) is 7.41. The fraction of sp³-hybridized carbons (Fsp3) is 0.500. The molecular formula is C20H28FN5O2. The highest BCUT2D eigenvalue weighted by Gasteiger charge is 2.33. The van der Waals surface area contributed by atoms with Gasteiger partial charge in [0.15, 0.2) is 0 Å². The fourth-order valence-electron chi connectivity index (χ4n) is 3.55. The third-order valence-electron chi connectivity index (χ3n) is 4.87. The van der Waals surface area contributed by atoms with E-state index in [1.165, 1.54) is 19.2 Å². The van der Waals surface area contributed by atoms with Gasteiger partial charge in [-0.1, -0.05) is 0 Å². The highest BCUT2D eigenvalue weighted by molar-refractivity contribution is 5.50. The molecule has 1 aliphatic rings. The van der Waals surface area contributed by atoms with Crippen molar-refractivity contribution < 1.29 is 13.9 Å². The van der Waals surface area contributed by atoms with Crippen molar-refractivity contribution in [2.45, 2.75) is 25.1 Å². The minimum atomic E-state index is -0.325. The van der Waals surface area contributed by atoms with Gasteiger partial charge in [-0.15, -0.1) is 0 Å². The number of rotatable bonds is 8. The van der Waals surface area contributed by atoms with Gasteiger partial charge in [0.2, 0.25) is 0 Å². The van der Waals surface area contributed by atoms with Crippen molar-refractivity contribution in [2.24, 2.45) is 0 Å². The van der Waals surface area contributed by atoms with Crippen LogP contribution in [0, 0.1) is 5.82 Å². The second-order valence-corrected chi connectivity index (χ2v) is 7.28. The Bertz CT molecular complexity index is 789. The van der Waals surface area contributed by atoms with Crippen molar-refractivity contribution in [3.8, 4) is 5.75 Å². The first-order chi connectivity index (χ1) is 13.5. The number of aromatic nitrogens is 2. The summed E-state index contributed by atoms with van der Waals surface area (Å²) in [6.45, 7) is 2.16. The highest BCUT2D eigenvalue weighted by Crippen LogP contribution is 2.27. The van der Waals surface area contributed by atoms with Gasteiger partial charge in [-0.3, -0.25) is 0 Å². The van der Waals surface area contributed by atoms with Crippen LogP contribution in [-0.4, -0.2) is 68.4 Å². The number of methoxy groups -OCH3 is 2.